The average molecular weight is 465 g/mol. The third kappa shape index (κ3) is 5.18. The second-order valence-corrected chi connectivity index (χ2v) is 8.84. The molecule has 2 aliphatic rings. The molecule has 0 atom stereocenters. The summed E-state index contributed by atoms with van der Waals surface area (Å²) in [6.07, 6.45) is 5.39. The lowest BCUT2D eigenvalue weighted by molar-refractivity contribution is -0.155. The zero-order chi connectivity index (χ0) is 20.9. The van der Waals surface area contributed by atoms with E-state index in [1.807, 2.05) is 12.1 Å². The van der Waals surface area contributed by atoms with Gasteiger partial charge in [-0.2, -0.15) is 0 Å². The summed E-state index contributed by atoms with van der Waals surface area (Å²) >= 11 is 3.38. The fourth-order valence-corrected chi connectivity index (χ4v) is 4.53. The fourth-order valence-electron chi connectivity index (χ4n) is 4.26. The van der Waals surface area contributed by atoms with E-state index < -0.39 is 5.54 Å². The zero-order valence-electron chi connectivity index (χ0n) is 16.9. The molecule has 0 spiro atoms. The SMILES string of the molecule is CCOC(=O)C1(NC(=O)C2CCN(C(=O)c3ccc(Br)cc3)CC2)CCCCC1. The first kappa shape index (κ1) is 21.8. The molecule has 1 aromatic carbocycles. The Bertz CT molecular complexity index is 736. The maximum absolute atomic E-state index is 12.9. The summed E-state index contributed by atoms with van der Waals surface area (Å²) < 4.78 is 6.20. The van der Waals surface area contributed by atoms with Gasteiger partial charge in [0.1, 0.15) is 5.54 Å². The van der Waals surface area contributed by atoms with E-state index in [0.29, 0.717) is 50.9 Å². The molecule has 0 bridgehead atoms. The van der Waals surface area contributed by atoms with Gasteiger partial charge in [0.05, 0.1) is 6.61 Å². The predicted molar refractivity (Wildman–Crippen MR) is 113 cm³/mol. The Morgan fingerprint density at radius 3 is 2.31 bits per heavy atom. The summed E-state index contributed by atoms with van der Waals surface area (Å²) in [6, 6.07) is 7.31. The number of carbonyl (C=O) groups excluding carboxylic acids is 3. The summed E-state index contributed by atoms with van der Waals surface area (Å²) in [7, 11) is 0. The van der Waals surface area contributed by atoms with E-state index in [1.165, 1.54) is 0 Å². The van der Waals surface area contributed by atoms with Gasteiger partial charge in [-0.1, -0.05) is 35.2 Å². The van der Waals surface area contributed by atoms with Crippen LogP contribution in [0.4, 0.5) is 0 Å². The molecule has 0 aromatic heterocycles. The number of nitrogens with zero attached hydrogens (tertiary/aromatic N) is 1. The molecule has 6 nitrogen and oxygen atoms in total. The Morgan fingerprint density at radius 2 is 1.72 bits per heavy atom. The lowest BCUT2D eigenvalue weighted by atomic mass is 9.80. The van der Waals surface area contributed by atoms with Crippen LogP contribution in [0, 0.1) is 5.92 Å². The van der Waals surface area contributed by atoms with E-state index in [9.17, 15) is 14.4 Å². The highest BCUT2D eigenvalue weighted by molar-refractivity contribution is 9.10. The Morgan fingerprint density at radius 1 is 1.10 bits per heavy atom. The van der Waals surface area contributed by atoms with E-state index in [0.717, 1.165) is 23.7 Å². The smallest absolute Gasteiger partial charge is 0.331 e. The first-order chi connectivity index (χ1) is 13.9. The monoisotopic (exact) mass is 464 g/mol. The molecule has 158 valence electrons. The zero-order valence-corrected chi connectivity index (χ0v) is 18.5. The summed E-state index contributed by atoms with van der Waals surface area (Å²) in [6.45, 7) is 3.18. The van der Waals surface area contributed by atoms with Gasteiger partial charge in [-0.05, 0) is 56.9 Å². The van der Waals surface area contributed by atoms with Crippen molar-refractivity contribution < 1.29 is 19.1 Å². The number of nitrogens with one attached hydrogen (secondary N) is 1. The van der Waals surface area contributed by atoms with Gasteiger partial charge in [-0.25, -0.2) is 4.79 Å². The highest BCUT2D eigenvalue weighted by Gasteiger charge is 2.43. The van der Waals surface area contributed by atoms with Crippen molar-refractivity contribution in [2.75, 3.05) is 19.7 Å². The van der Waals surface area contributed by atoms with E-state index in [1.54, 1.807) is 24.0 Å². The largest absolute Gasteiger partial charge is 0.464 e. The topological polar surface area (TPSA) is 75.7 Å². The van der Waals surface area contributed by atoms with E-state index in [4.69, 9.17) is 4.74 Å². The number of likely N-dealkylation sites (tertiary alicyclic amines) is 1. The third-order valence-corrected chi connectivity index (χ3v) is 6.51. The van der Waals surface area contributed by atoms with Crippen LogP contribution in [0.1, 0.15) is 62.2 Å². The van der Waals surface area contributed by atoms with Crippen molar-refractivity contribution in [3.05, 3.63) is 34.3 Å². The number of hydrogen-bond donors (Lipinski definition) is 1. The van der Waals surface area contributed by atoms with Crippen LogP contribution in [-0.4, -0.2) is 47.9 Å². The van der Waals surface area contributed by atoms with Crippen molar-refractivity contribution in [1.29, 1.82) is 0 Å². The van der Waals surface area contributed by atoms with Crippen LogP contribution >= 0.6 is 15.9 Å². The van der Waals surface area contributed by atoms with Crippen LogP contribution in [0.2, 0.25) is 0 Å². The van der Waals surface area contributed by atoms with Gasteiger partial charge in [-0.15, -0.1) is 0 Å². The second-order valence-electron chi connectivity index (χ2n) is 7.93. The maximum atomic E-state index is 12.9. The van der Waals surface area contributed by atoms with Gasteiger partial charge in [0, 0.05) is 29.0 Å². The van der Waals surface area contributed by atoms with Crippen LogP contribution in [0.25, 0.3) is 0 Å². The minimum absolute atomic E-state index is 0.00775. The molecule has 0 radical (unpaired) electrons. The van der Waals surface area contributed by atoms with Gasteiger partial charge in [0.25, 0.3) is 5.91 Å². The lowest BCUT2D eigenvalue weighted by Crippen LogP contribution is -2.58. The molecule has 1 saturated carbocycles. The Balaban J connectivity index is 1.58. The van der Waals surface area contributed by atoms with Crippen LogP contribution < -0.4 is 5.32 Å². The highest BCUT2D eigenvalue weighted by atomic mass is 79.9. The van der Waals surface area contributed by atoms with Crippen molar-refractivity contribution in [1.82, 2.24) is 10.2 Å². The molecule has 0 unspecified atom stereocenters. The minimum atomic E-state index is -0.879. The molecular formula is C22H29BrN2O4. The number of carbonyl (C=O) groups is 3. The van der Waals surface area contributed by atoms with Gasteiger partial charge in [0.15, 0.2) is 0 Å². The van der Waals surface area contributed by atoms with E-state index in [2.05, 4.69) is 21.2 Å². The molecular weight excluding hydrogens is 436 g/mol. The predicted octanol–water partition coefficient (Wildman–Crippen LogP) is 3.68. The Hall–Kier alpha value is -1.89. The quantitative estimate of drug-likeness (QED) is 0.674. The number of halogens is 1. The van der Waals surface area contributed by atoms with Crippen molar-refractivity contribution >= 4 is 33.7 Å². The van der Waals surface area contributed by atoms with Gasteiger partial charge in [0.2, 0.25) is 5.91 Å². The average Bonchev–Trinajstić information content (AvgIpc) is 2.74. The van der Waals surface area contributed by atoms with Crippen LogP contribution in [-0.2, 0) is 14.3 Å². The highest BCUT2D eigenvalue weighted by Crippen LogP contribution is 2.31. The summed E-state index contributed by atoms with van der Waals surface area (Å²) in [4.78, 5) is 40.0. The number of esters is 1. The van der Waals surface area contributed by atoms with E-state index in [-0.39, 0.29) is 23.7 Å². The summed E-state index contributed by atoms with van der Waals surface area (Å²) in [5.41, 5.74) is -0.227. The molecule has 2 fully saturated rings. The summed E-state index contributed by atoms with van der Waals surface area (Å²) in [5.74, 6) is -0.588. The molecule has 7 heteroatoms. The van der Waals surface area contributed by atoms with Crippen LogP contribution in [0.5, 0.6) is 0 Å². The van der Waals surface area contributed by atoms with Crippen LogP contribution in [0.15, 0.2) is 28.7 Å². The molecule has 29 heavy (non-hydrogen) atoms. The molecule has 3 rings (SSSR count). The third-order valence-electron chi connectivity index (χ3n) is 5.98. The van der Waals surface area contributed by atoms with Crippen molar-refractivity contribution in [3.8, 4) is 0 Å². The van der Waals surface area contributed by atoms with Crippen molar-refractivity contribution in [2.24, 2.45) is 5.92 Å². The number of ether oxygens (including phenoxy) is 1. The maximum Gasteiger partial charge on any atom is 0.331 e. The number of hydrogen-bond acceptors (Lipinski definition) is 4. The molecule has 1 N–H and O–H groups in total. The standard InChI is InChI=1S/C22H29BrN2O4/c1-2-29-21(28)22(12-4-3-5-13-22)24-19(26)16-10-14-25(15-11-16)20(27)17-6-8-18(23)9-7-17/h6-9,16H,2-5,10-15H2,1H3,(H,24,26). The van der Waals surface area contributed by atoms with E-state index >= 15 is 0 Å². The first-order valence-electron chi connectivity index (χ1n) is 10.5. The Labute approximate surface area is 180 Å². The van der Waals surface area contributed by atoms with Gasteiger partial charge < -0.3 is 15.0 Å². The molecule has 1 aliphatic heterocycles. The lowest BCUT2D eigenvalue weighted by Gasteiger charge is -2.38. The van der Waals surface area contributed by atoms with Gasteiger partial charge in [-0.3, -0.25) is 9.59 Å². The number of benzene rings is 1. The van der Waals surface area contributed by atoms with Crippen molar-refractivity contribution in [2.45, 2.75) is 57.4 Å². The number of piperidine rings is 1. The molecule has 1 saturated heterocycles. The molecule has 2 amide bonds. The fraction of sp³-hybridized carbons (Fsp3) is 0.591. The summed E-state index contributed by atoms with van der Waals surface area (Å²) in [5, 5.41) is 3.05. The Kier molecular flexibility index (Phi) is 7.33. The van der Waals surface area contributed by atoms with Crippen molar-refractivity contribution in [3.63, 3.8) is 0 Å². The molecule has 1 aliphatic carbocycles. The van der Waals surface area contributed by atoms with Gasteiger partial charge >= 0.3 is 5.97 Å². The first-order valence-corrected chi connectivity index (χ1v) is 11.3. The minimum Gasteiger partial charge on any atom is -0.464 e. The number of amides is 2. The molecule has 1 heterocycles. The number of rotatable bonds is 5. The second kappa shape index (κ2) is 9.74. The van der Waals surface area contributed by atoms with Crippen LogP contribution in [0.3, 0.4) is 0 Å². The normalized spacial score (nSPS) is 19.4. The molecule has 1 aromatic rings.